The van der Waals surface area contributed by atoms with E-state index in [1.165, 1.54) is 0 Å². The maximum atomic E-state index is 11.1. The van der Waals surface area contributed by atoms with Crippen LogP contribution in [0.3, 0.4) is 0 Å². The number of methoxy groups -OCH3 is 1. The third-order valence-corrected chi connectivity index (χ3v) is 2.91. The minimum Gasteiger partial charge on any atom is -0.469 e. The average molecular weight is 300 g/mol. The lowest BCUT2D eigenvalue weighted by Gasteiger charge is -2.28. The molecule has 7 nitrogen and oxygen atoms in total. The fourth-order valence-electron chi connectivity index (χ4n) is 1.74. The second-order valence-corrected chi connectivity index (χ2v) is 4.51. The van der Waals surface area contributed by atoms with E-state index in [4.69, 9.17) is 14.9 Å². The number of benzene rings is 1. The normalized spacial score (nSPS) is 15.5. The molecule has 0 amide bonds. The van der Waals surface area contributed by atoms with Crippen molar-refractivity contribution in [2.24, 2.45) is 0 Å². The molecule has 1 aromatic carbocycles. The van der Waals surface area contributed by atoms with Crippen LogP contribution >= 0.6 is 0 Å². The topological polar surface area (TPSA) is 116 Å². The van der Waals surface area contributed by atoms with Crippen LogP contribution in [-0.4, -0.2) is 58.1 Å². The minimum atomic E-state index is -2.10. The molecule has 0 aliphatic rings. The molecule has 0 fully saturated rings. The zero-order chi connectivity index (χ0) is 15.8. The van der Waals surface area contributed by atoms with Gasteiger partial charge in [-0.15, -0.1) is 0 Å². The van der Waals surface area contributed by atoms with E-state index in [9.17, 15) is 15.0 Å². The van der Waals surface area contributed by atoms with E-state index in [0.29, 0.717) is 0 Å². The minimum absolute atomic E-state index is 0.0352. The number of aliphatic hydroxyl groups is 4. The van der Waals surface area contributed by atoms with Crippen LogP contribution in [0.5, 0.6) is 0 Å². The van der Waals surface area contributed by atoms with E-state index in [1.54, 1.807) is 24.3 Å². The molecule has 0 aliphatic carbocycles. The molecule has 3 atom stereocenters. The maximum Gasteiger partial charge on any atom is 0.308 e. The van der Waals surface area contributed by atoms with E-state index >= 15 is 0 Å². The van der Waals surface area contributed by atoms with E-state index < -0.39 is 37.0 Å². The molecule has 4 N–H and O–H groups in total. The average Bonchev–Trinajstić information content (AvgIpc) is 2.47. The Balaban J connectivity index is 2.70. The van der Waals surface area contributed by atoms with Gasteiger partial charge in [0, 0.05) is 0 Å². The molecule has 0 radical (unpaired) electrons. The highest BCUT2D eigenvalue weighted by Crippen LogP contribution is 2.14. The SMILES string of the molecule is COC(=O)CC(O)C(OCc1ccccc1)C(O)C(O)O. The summed E-state index contributed by atoms with van der Waals surface area (Å²) < 4.78 is 9.74. The van der Waals surface area contributed by atoms with Gasteiger partial charge in [-0.3, -0.25) is 4.79 Å². The number of carbonyl (C=O) groups excluding carboxylic acids is 1. The van der Waals surface area contributed by atoms with Crippen LogP contribution in [0.2, 0.25) is 0 Å². The molecule has 1 rings (SSSR count). The van der Waals surface area contributed by atoms with Crippen molar-refractivity contribution >= 4 is 5.97 Å². The Bertz CT molecular complexity index is 421. The van der Waals surface area contributed by atoms with Gasteiger partial charge in [-0.1, -0.05) is 30.3 Å². The third kappa shape index (κ3) is 5.78. The van der Waals surface area contributed by atoms with Gasteiger partial charge in [0.05, 0.1) is 26.2 Å². The van der Waals surface area contributed by atoms with Crippen molar-refractivity contribution in [3.8, 4) is 0 Å². The molecule has 0 heterocycles. The van der Waals surface area contributed by atoms with Crippen molar-refractivity contribution in [1.82, 2.24) is 0 Å². The standard InChI is InChI=1S/C14H20O7/c1-20-11(16)7-10(15)13(12(17)14(18)19)21-8-9-5-3-2-4-6-9/h2-6,10,12-15,17-19H,7-8H2,1H3. The fraction of sp³-hybridized carbons (Fsp3) is 0.500. The smallest absolute Gasteiger partial charge is 0.308 e. The van der Waals surface area contributed by atoms with E-state index in [2.05, 4.69) is 4.74 Å². The maximum absolute atomic E-state index is 11.1. The summed E-state index contributed by atoms with van der Waals surface area (Å²) in [6.45, 7) is 0.0352. The summed E-state index contributed by atoms with van der Waals surface area (Å²) in [4.78, 5) is 11.1. The Morgan fingerprint density at radius 1 is 1.14 bits per heavy atom. The first-order valence-corrected chi connectivity index (χ1v) is 6.40. The number of aliphatic hydroxyl groups excluding tert-OH is 3. The second-order valence-electron chi connectivity index (χ2n) is 4.51. The Hall–Kier alpha value is -1.51. The van der Waals surface area contributed by atoms with Gasteiger partial charge in [0.1, 0.15) is 12.2 Å². The molecule has 1 aromatic rings. The van der Waals surface area contributed by atoms with Gasteiger partial charge in [0.25, 0.3) is 0 Å². The third-order valence-electron chi connectivity index (χ3n) is 2.91. The Labute approximate surface area is 122 Å². The molecule has 0 aromatic heterocycles. The van der Waals surface area contributed by atoms with Crippen molar-refractivity contribution in [1.29, 1.82) is 0 Å². The summed E-state index contributed by atoms with van der Waals surface area (Å²) in [6, 6.07) is 8.93. The molecule has 21 heavy (non-hydrogen) atoms. The quantitative estimate of drug-likeness (QED) is 0.365. The molecular formula is C14H20O7. The van der Waals surface area contributed by atoms with Gasteiger partial charge < -0.3 is 29.9 Å². The molecule has 0 aliphatic heterocycles. The lowest BCUT2D eigenvalue weighted by Crippen LogP contribution is -2.46. The highest BCUT2D eigenvalue weighted by Gasteiger charge is 2.33. The summed E-state index contributed by atoms with van der Waals surface area (Å²) in [5.74, 6) is -0.699. The molecule has 3 unspecified atom stereocenters. The monoisotopic (exact) mass is 300 g/mol. The number of carbonyl (C=O) groups is 1. The lowest BCUT2D eigenvalue weighted by atomic mass is 10.0. The molecular weight excluding hydrogens is 280 g/mol. The number of rotatable bonds is 8. The summed E-state index contributed by atoms with van der Waals surface area (Å²) >= 11 is 0. The Morgan fingerprint density at radius 3 is 2.29 bits per heavy atom. The predicted molar refractivity (Wildman–Crippen MR) is 71.9 cm³/mol. The molecule has 7 heteroatoms. The van der Waals surface area contributed by atoms with Crippen LogP contribution in [0.4, 0.5) is 0 Å². The number of hydrogen-bond acceptors (Lipinski definition) is 7. The van der Waals surface area contributed by atoms with E-state index in [-0.39, 0.29) is 6.61 Å². The summed E-state index contributed by atoms with van der Waals surface area (Å²) in [7, 11) is 1.16. The Kier molecular flexibility index (Phi) is 7.27. The number of hydrogen-bond donors (Lipinski definition) is 4. The van der Waals surface area contributed by atoms with Crippen LogP contribution in [-0.2, 0) is 20.9 Å². The van der Waals surface area contributed by atoms with Gasteiger partial charge in [0.2, 0.25) is 0 Å². The van der Waals surface area contributed by atoms with E-state index in [1.807, 2.05) is 6.07 Å². The number of esters is 1. The van der Waals surface area contributed by atoms with Gasteiger partial charge >= 0.3 is 5.97 Å². The van der Waals surface area contributed by atoms with Gasteiger partial charge in [-0.05, 0) is 5.56 Å². The summed E-state index contributed by atoms with van der Waals surface area (Å²) in [5, 5.41) is 37.6. The highest BCUT2D eigenvalue weighted by atomic mass is 16.5. The zero-order valence-electron chi connectivity index (χ0n) is 11.6. The van der Waals surface area contributed by atoms with Gasteiger partial charge in [0.15, 0.2) is 6.29 Å². The van der Waals surface area contributed by atoms with Crippen molar-refractivity contribution in [2.75, 3.05) is 7.11 Å². The van der Waals surface area contributed by atoms with Crippen LogP contribution in [0, 0.1) is 0 Å². The molecule has 0 bridgehead atoms. The largest absolute Gasteiger partial charge is 0.469 e. The van der Waals surface area contributed by atoms with Gasteiger partial charge in [-0.25, -0.2) is 0 Å². The van der Waals surface area contributed by atoms with Crippen molar-refractivity contribution in [3.63, 3.8) is 0 Å². The first-order valence-electron chi connectivity index (χ1n) is 6.40. The van der Waals surface area contributed by atoms with Crippen LogP contribution in [0.25, 0.3) is 0 Å². The van der Waals surface area contributed by atoms with Crippen molar-refractivity contribution in [3.05, 3.63) is 35.9 Å². The first-order chi connectivity index (χ1) is 9.95. The molecule has 0 saturated carbocycles. The molecule has 0 spiro atoms. The summed E-state index contributed by atoms with van der Waals surface area (Å²) in [5.41, 5.74) is 0.771. The van der Waals surface area contributed by atoms with Crippen LogP contribution in [0.1, 0.15) is 12.0 Å². The van der Waals surface area contributed by atoms with Crippen LogP contribution in [0.15, 0.2) is 30.3 Å². The zero-order valence-corrected chi connectivity index (χ0v) is 11.6. The van der Waals surface area contributed by atoms with Crippen molar-refractivity contribution in [2.45, 2.75) is 37.6 Å². The lowest BCUT2D eigenvalue weighted by molar-refractivity contribution is -0.197. The van der Waals surface area contributed by atoms with E-state index in [0.717, 1.165) is 12.7 Å². The fourth-order valence-corrected chi connectivity index (χ4v) is 1.74. The predicted octanol–water partition coefficient (Wildman–Crippen LogP) is -0.833. The van der Waals surface area contributed by atoms with Gasteiger partial charge in [-0.2, -0.15) is 0 Å². The molecule has 0 saturated heterocycles. The Morgan fingerprint density at radius 2 is 1.76 bits per heavy atom. The second kappa shape index (κ2) is 8.71. The first kappa shape index (κ1) is 17.5. The number of ether oxygens (including phenoxy) is 2. The highest BCUT2D eigenvalue weighted by molar-refractivity contribution is 5.69. The summed E-state index contributed by atoms with van der Waals surface area (Å²) in [6.07, 6.45) is -7.06. The van der Waals surface area contributed by atoms with Crippen LogP contribution < -0.4 is 0 Å². The molecule has 118 valence electrons. The van der Waals surface area contributed by atoms with Crippen molar-refractivity contribution < 1.29 is 34.7 Å².